The Balaban J connectivity index is 1.79. The molecule has 1 N–H and O–H groups in total. The molecule has 0 aliphatic carbocycles. The van der Waals surface area contributed by atoms with E-state index < -0.39 is 29.6 Å². The van der Waals surface area contributed by atoms with Gasteiger partial charge in [0.15, 0.2) is 0 Å². The summed E-state index contributed by atoms with van der Waals surface area (Å²) in [4.78, 5) is 51.8. The van der Waals surface area contributed by atoms with Gasteiger partial charge in [-0.25, -0.2) is 4.90 Å². The van der Waals surface area contributed by atoms with Crippen molar-refractivity contribution in [2.24, 2.45) is 0 Å². The van der Waals surface area contributed by atoms with Crippen molar-refractivity contribution in [2.45, 2.75) is 0 Å². The molecule has 2 aromatic rings. The first kappa shape index (κ1) is 18.8. The van der Waals surface area contributed by atoms with Crippen LogP contribution in [0.4, 0.5) is 16.2 Å². The Morgan fingerprint density at radius 3 is 2.38 bits per heavy atom. The molecule has 2 heterocycles. The number of imide groups is 1. The third-order valence-electron chi connectivity index (χ3n) is 4.54. The van der Waals surface area contributed by atoms with Gasteiger partial charge in [0.25, 0.3) is 17.1 Å². The van der Waals surface area contributed by atoms with E-state index in [1.165, 1.54) is 7.11 Å². The van der Waals surface area contributed by atoms with E-state index in [0.717, 1.165) is 9.80 Å². The molecule has 29 heavy (non-hydrogen) atoms. The van der Waals surface area contributed by atoms with E-state index in [4.69, 9.17) is 9.84 Å². The number of nitrogens with zero attached hydrogens (tertiary/aromatic N) is 2. The normalized spacial score (nSPS) is 18.4. The van der Waals surface area contributed by atoms with E-state index in [1.807, 2.05) is 0 Å². The largest absolute Gasteiger partial charge is 0.497 e. The zero-order valence-electron chi connectivity index (χ0n) is 15.1. The number of fused-ring (bicyclic) bond motifs is 1. The lowest BCUT2D eigenvalue weighted by Gasteiger charge is -2.14. The number of thioether (sulfide) groups is 1. The summed E-state index contributed by atoms with van der Waals surface area (Å²) in [7, 11) is 1.51. The van der Waals surface area contributed by atoms with Crippen LogP contribution in [0.1, 0.15) is 5.56 Å². The van der Waals surface area contributed by atoms with Crippen molar-refractivity contribution in [3.8, 4) is 5.75 Å². The number of carbonyl (C=O) groups excluding carboxylic acids is 3. The van der Waals surface area contributed by atoms with E-state index in [2.05, 4.69) is 0 Å². The molecule has 0 saturated carbocycles. The molecule has 1 saturated heterocycles. The number of hydrogen-bond donors (Lipinski definition) is 1. The molecule has 0 bridgehead atoms. The van der Waals surface area contributed by atoms with Crippen molar-refractivity contribution in [3.63, 3.8) is 0 Å². The maximum Gasteiger partial charge on any atom is 0.323 e. The molecule has 2 aromatic carbocycles. The summed E-state index contributed by atoms with van der Waals surface area (Å²) in [5, 5.41) is 8.60. The molecular weight excluding hydrogens is 396 g/mol. The van der Waals surface area contributed by atoms with E-state index in [1.54, 1.807) is 48.5 Å². The zero-order chi connectivity index (χ0) is 20.7. The lowest BCUT2D eigenvalue weighted by molar-refractivity contribution is -0.136. The van der Waals surface area contributed by atoms with Crippen molar-refractivity contribution in [1.29, 1.82) is 0 Å². The standard InChI is InChI=1S/C20H14N2O6S/c1-28-12-8-6-11(7-9-12)22-19(26)17(29-20(22)27)16-13-4-2-3-5-14(13)21(18(16)25)10-15(23)24/h2-9H,10H2,1H3,(H,23,24)/b17-16-. The van der Waals surface area contributed by atoms with Crippen molar-refractivity contribution in [3.05, 3.63) is 59.0 Å². The second-order valence-corrected chi connectivity index (χ2v) is 7.17. The lowest BCUT2D eigenvalue weighted by Crippen LogP contribution is -2.32. The Morgan fingerprint density at radius 2 is 1.72 bits per heavy atom. The minimum atomic E-state index is -1.18. The fourth-order valence-electron chi connectivity index (χ4n) is 3.26. The average molecular weight is 410 g/mol. The number of methoxy groups -OCH3 is 1. The first-order valence-corrected chi connectivity index (χ1v) is 9.31. The summed E-state index contributed by atoms with van der Waals surface area (Å²) in [6, 6.07) is 13.0. The topological polar surface area (TPSA) is 104 Å². The molecule has 146 valence electrons. The Bertz CT molecular complexity index is 1090. The van der Waals surface area contributed by atoms with E-state index in [-0.39, 0.29) is 10.5 Å². The third kappa shape index (κ3) is 3.05. The number of anilines is 2. The van der Waals surface area contributed by atoms with Crippen molar-refractivity contribution >= 4 is 51.7 Å². The van der Waals surface area contributed by atoms with Gasteiger partial charge in [-0.15, -0.1) is 0 Å². The number of carboxylic acids is 1. The van der Waals surface area contributed by atoms with Crippen LogP contribution in [-0.4, -0.2) is 41.8 Å². The highest BCUT2D eigenvalue weighted by atomic mass is 32.2. The maximum atomic E-state index is 13.1. The van der Waals surface area contributed by atoms with Crippen molar-refractivity contribution in [2.75, 3.05) is 23.5 Å². The smallest absolute Gasteiger partial charge is 0.323 e. The Labute approximate surface area is 169 Å². The molecule has 1 fully saturated rings. The van der Waals surface area contributed by atoms with Crippen LogP contribution in [0.2, 0.25) is 0 Å². The summed E-state index contributed by atoms with van der Waals surface area (Å²) in [6.45, 7) is -0.540. The number of para-hydroxylation sites is 1. The number of rotatable bonds is 4. The number of amides is 3. The molecule has 9 heteroatoms. The van der Waals surface area contributed by atoms with Crippen LogP contribution in [0.25, 0.3) is 5.57 Å². The number of carbonyl (C=O) groups is 4. The van der Waals surface area contributed by atoms with E-state index >= 15 is 0 Å². The summed E-state index contributed by atoms with van der Waals surface area (Å²) in [5.41, 5.74) is 1.22. The van der Waals surface area contributed by atoms with Gasteiger partial charge >= 0.3 is 5.97 Å². The highest BCUT2D eigenvalue weighted by Gasteiger charge is 2.44. The van der Waals surface area contributed by atoms with Gasteiger partial charge in [0.1, 0.15) is 12.3 Å². The quantitative estimate of drug-likeness (QED) is 0.773. The SMILES string of the molecule is COc1ccc(N2C(=O)S/C(=C3\C(=O)N(CC(=O)O)c4ccccc43)C2=O)cc1. The first-order valence-electron chi connectivity index (χ1n) is 8.50. The molecule has 2 aliphatic heterocycles. The highest BCUT2D eigenvalue weighted by Crippen LogP contribution is 2.45. The molecule has 0 radical (unpaired) electrons. The van der Waals surface area contributed by atoms with E-state index in [9.17, 15) is 19.2 Å². The molecule has 0 atom stereocenters. The Hall–Kier alpha value is -3.59. The minimum Gasteiger partial charge on any atom is -0.497 e. The van der Waals surface area contributed by atoms with Crippen molar-refractivity contribution in [1.82, 2.24) is 0 Å². The predicted molar refractivity (Wildman–Crippen MR) is 107 cm³/mol. The van der Waals surface area contributed by atoms with Gasteiger partial charge in [-0.05, 0) is 42.1 Å². The highest BCUT2D eigenvalue weighted by molar-refractivity contribution is 8.19. The molecule has 3 amide bonds. The van der Waals surface area contributed by atoms with Crippen molar-refractivity contribution < 1.29 is 29.0 Å². The number of hydrogen-bond acceptors (Lipinski definition) is 6. The average Bonchev–Trinajstić information content (AvgIpc) is 3.14. The first-order chi connectivity index (χ1) is 13.9. The molecule has 0 unspecified atom stereocenters. The summed E-state index contributed by atoms with van der Waals surface area (Å²) in [6.07, 6.45) is 0. The van der Waals surface area contributed by atoms with Gasteiger partial charge in [0.05, 0.1) is 29.0 Å². The second kappa shape index (κ2) is 7.10. The van der Waals surface area contributed by atoms with Gasteiger partial charge in [-0.2, -0.15) is 0 Å². The predicted octanol–water partition coefficient (Wildman–Crippen LogP) is 2.74. The molecule has 2 aliphatic rings. The second-order valence-electron chi connectivity index (χ2n) is 6.21. The van der Waals surface area contributed by atoms with E-state index in [0.29, 0.717) is 34.4 Å². The van der Waals surface area contributed by atoms with Crippen LogP contribution >= 0.6 is 11.8 Å². The molecule has 4 rings (SSSR count). The maximum absolute atomic E-state index is 13.1. The molecule has 8 nitrogen and oxygen atoms in total. The summed E-state index contributed by atoms with van der Waals surface area (Å²) < 4.78 is 5.08. The van der Waals surface area contributed by atoms with Crippen LogP contribution in [0, 0.1) is 0 Å². The Kier molecular flexibility index (Phi) is 4.59. The van der Waals surface area contributed by atoms with Gasteiger partial charge in [0, 0.05) is 5.56 Å². The Morgan fingerprint density at radius 1 is 1.03 bits per heavy atom. The van der Waals surface area contributed by atoms with Gasteiger partial charge in [-0.1, -0.05) is 18.2 Å². The third-order valence-corrected chi connectivity index (χ3v) is 5.48. The summed E-state index contributed by atoms with van der Waals surface area (Å²) in [5.74, 6) is -1.85. The van der Waals surface area contributed by atoms with Crippen LogP contribution < -0.4 is 14.5 Å². The zero-order valence-corrected chi connectivity index (χ0v) is 15.9. The van der Waals surface area contributed by atoms with Crippen LogP contribution in [0.5, 0.6) is 5.75 Å². The fraction of sp³-hybridized carbons (Fsp3) is 0.100. The fourth-order valence-corrected chi connectivity index (χ4v) is 4.20. The molecule has 0 spiro atoms. The number of benzene rings is 2. The van der Waals surface area contributed by atoms with Crippen LogP contribution in [-0.2, 0) is 14.4 Å². The van der Waals surface area contributed by atoms with Gasteiger partial charge < -0.3 is 9.84 Å². The number of aliphatic carboxylic acids is 1. The molecular formula is C20H14N2O6S. The van der Waals surface area contributed by atoms with Gasteiger partial charge in [0.2, 0.25) is 0 Å². The molecule has 0 aromatic heterocycles. The van der Waals surface area contributed by atoms with Crippen LogP contribution in [0.3, 0.4) is 0 Å². The number of ether oxygens (including phenoxy) is 1. The summed E-state index contributed by atoms with van der Waals surface area (Å²) >= 11 is 0.663. The van der Waals surface area contributed by atoms with Crippen LogP contribution in [0.15, 0.2) is 53.4 Å². The monoisotopic (exact) mass is 410 g/mol. The lowest BCUT2D eigenvalue weighted by atomic mass is 10.1. The minimum absolute atomic E-state index is 0.0174. The van der Waals surface area contributed by atoms with Gasteiger partial charge in [-0.3, -0.25) is 24.1 Å². The number of carboxylic acid groups (broad SMARTS) is 1.